The number of carbonyl (C=O) groups is 4. The monoisotopic (exact) mass is 1100 g/mol. The average Bonchev–Trinajstić information content (AvgIpc) is 2.49. The lowest BCUT2D eigenvalue weighted by molar-refractivity contribution is 0.0592. The van der Waals surface area contributed by atoms with Gasteiger partial charge in [-0.2, -0.15) is 0 Å². The molecule has 4 heterocycles. The summed E-state index contributed by atoms with van der Waals surface area (Å²) >= 11 is 0. The lowest BCUT2D eigenvalue weighted by atomic mass is 9.88. The normalized spacial score (nSPS) is 13.4. The van der Waals surface area contributed by atoms with Crippen LogP contribution in [0.1, 0.15) is 132 Å². The van der Waals surface area contributed by atoms with E-state index < -0.39 is 0 Å². The average molecular weight is 1100 g/mol. The summed E-state index contributed by atoms with van der Waals surface area (Å²) in [6.45, 7) is 5.27. The third-order valence-electron chi connectivity index (χ3n) is 18.0. The van der Waals surface area contributed by atoms with Crippen molar-refractivity contribution in [3.05, 3.63) is 216 Å². The van der Waals surface area contributed by atoms with E-state index in [1.807, 2.05) is 60.7 Å². The molecule has 14 rings (SSSR count). The largest absolute Gasteiger partial charge is 0.309 e. The molecule has 0 aliphatic carbocycles. The first kappa shape index (κ1) is 52.7. The second-order valence-electron chi connectivity index (χ2n) is 23.1. The summed E-state index contributed by atoms with van der Waals surface area (Å²) in [4.78, 5) is 59.5. The van der Waals surface area contributed by atoms with Crippen molar-refractivity contribution in [1.82, 2.24) is 18.9 Å². The zero-order valence-corrected chi connectivity index (χ0v) is 47.8. The molecule has 0 unspecified atom stereocenters. The maximum Gasteiger partial charge on any atom is 0.261 e. The van der Waals surface area contributed by atoms with Crippen LogP contribution in [0.5, 0.6) is 0 Å². The molecular weight excluding hydrogens is 1030 g/mol. The molecule has 10 aromatic carbocycles. The van der Waals surface area contributed by atoms with Crippen molar-refractivity contribution >= 4 is 88.8 Å². The minimum absolute atomic E-state index is 0.212. The second kappa shape index (κ2) is 22.1. The number of para-hydroxylation sites is 2. The Hall–Kier alpha value is -9.40. The molecule has 84 heavy (non-hydrogen) atoms. The van der Waals surface area contributed by atoms with Crippen LogP contribution < -0.4 is 0 Å². The van der Waals surface area contributed by atoms with Gasteiger partial charge in [0, 0.05) is 79.0 Å². The summed E-state index contributed by atoms with van der Waals surface area (Å²) in [5.41, 5.74) is 14.9. The Morgan fingerprint density at radius 2 is 0.595 bits per heavy atom. The van der Waals surface area contributed by atoms with Gasteiger partial charge in [-0.1, -0.05) is 175 Å². The van der Waals surface area contributed by atoms with E-state index in [1.165, 1.54) is 48.3 Å². The van der Waals surface area contributed by atoms with E-state index in [1.54, 1.807) is 0 Å². The van der Waals surface area contributed by atoms with E-state index in [0.29, 0.717) is 35.3 Å². The Kier molecular flexibility index (Phi) is 13.8. The number of benzene rings is 10. The van der Waals surface area contributed by atoms with E-state index in [0.717, 1.165) is 148 Å². The fraction of sp³-hybridized carbons (Fsp3) is 0.211. The minimum atomic E-state index is -0.212. The summed E-state index contributed by atoms with van der Waals surface area (Å²) in [6, 6.07) is 67.6. The van der Waals surface area contributed by atoms with Crippen molar-refractivity contribution < 1.29 is 19.2 Å². The first-order valence-corrected chi connectivity index (χ1v) is 30.4. The fourth-order valence-electron chi connectivity index (χ4n) is 13.8. The van der Waals surface area contributed by atoms with Crippen molar-refractivity contribution in [3.8, 4) is 44.8 Å². The first-order chi connectivity index (χ1) is 41.3. The quantitative estimate of drug-likeness (QED) is 0.0596. The molecule has 0 N–H and O–H groups in total. The Morgan fingerprint density at radius 3 is 0.976 bits per heavy atom. The lowest BCUT2D eigenvalue weighted by Crippen LogP contribution is -2.40. The Bertz CT molecular complexity index is 4290. The van der Waals surface area contributed by atoms with Crippen LogP contribution >= 0.6 is 0 Å². The number of aromatic nitrogens is 2. The smallest absolute Gasteiger partial charge is 0.261 e. The van der Waals surface area contributed by atoms with Crippen molar-refractivity contribution in [2.24, 2.45) is 0 Å². The van der Waals surface area contributed by atoms with Gasteiger partial charge in [-0.25, -0.2) is 0 Å². The molecule has 0 saturated heterocycles. The summed E-state index contributed by atoms with van der Waals surface area (Å²) < 4.78 is 4.67. The predicted molar refractivity (Wildman–Crippen MR) is 344 cm³/mol. The zero-order valence-electron chi connectivity index (χ0n) is 47.8. The minimum Gasteiger partial charge on any atom is -0.309 e. The van der Waals surface area contributed by atoms with Gasteiger partial charge in [0.05, 0.1) is 22.1 Å². The molecule has 2 aromatic heterocycles. The molecular formula is C76H66N4O4. The van der Waals surface area contributed by atoms with Crippen LogP contribution in [0.3, 0.4) is 0 Å². The Balaban J connectivity index is 0.865. The predicted octanol–water partition coefficient (Wildman–Crippen LogP) is 19.1. The fourth-order valence-corrected chi connectivity index (χ4v) is 13.8. The van der Waals surface area contributed by atoms with Crippen molar-refractivity contribution in [1.29, 1.82) is 0 Å². The number of carbonyl (C=O) groups excluding carboxylic acids is 4. The van der Waals surface area contributed by atoms with Gasteiger partial charge in [-0.05, 0) is 154 Å². The number of rotatable bonds is 19. The molecule has 414 valence electrons. The Labute approximate surface area is 489 Å². The second-order valence-corrected chi connectivity index (χ2v) is 23.1. The molecule has 2 aliphatic heterocycles. The highest BCUT2D eigenvalue weighted by Gasteiger charge is 2.35. The molecule has 0 atom stereocenters. The molecule has 0 saturated carbocycles. The maximum absolute atomic E-state index is 14.1. The number of fused-ring (bicyclic) bond motifs is 6. The molecule has 0 spiro atoms. The molecule has 0 fully saturated rings. The molecule has 8 nitrogen and oxygen atoms in total. The van der Waals surface area contributed by atoms with Gasteiger partial charge in [0.1, 0.15) is 0 Å². The van der Waals surface area contributed by atoms with Crippen LogP contribution in [0.4, 0.5) is 0 Å². The maximum atomic E-state index is 14.1. The van der Waals surface area contributed by atoms with E-state index in [9.17, 15) is 19.2 Å². The summed E-state index contributed by atoms with van der Waals surface area (Å²) in [7, 11) is 0. The highest BCUT2D eigenvalue weighted by molar-refractivity contribution is 6.28. The molecule has 12 aromatic rings. The summed E-state index contributed by atoms with van der Waals surface area (Å²) in [5.74, 6) is -0.847. The Morgan fingerprint density at radius 1 is 0.274 bits per heavy atom. The number of hydrogen-bond acceptors (Lipinski definition) is 4. The van der Waals surface area contributed by atoms with Crippen LogP contribution in [0.2, 0.25) is 0 Å². The van der Waals surface area contributed by atoms with Gasteiger partial charge in [0.25, 0.3) is 23.6 Å². The zero-order chi connectivity index (χ0) is 57.0. The molecule has 8 heteroatoms. The number of hydrogen-bond donors (Lipinski definition) is 0. The highest BCUT2D eigenvalue weighted by atomic mass is 16.2. The number of unbranched alkanes of at least 4 members (excludes halogenated alkanes) is 10. The van der Waals surface area contributed by atoms with Gasteiger partial charge >= 0.3 is 0 Å². The highest BCUT2D eigenvalue weighted by Crippen LogP contribution is 2.44. The molecule has 0 bridgehead atoms. The lowest BCUT2D eigenvalue weighted by Gasteiger charge is -2.28. The van der Waals surface area contributed by atoms with Crippen LogP contribution in [-0.4, -0.2) is 55.7 Å². The molecule has 4 amide bonds. The third kappa shape index (κ3) is 8.89. The van der Waals surface area contributed by atoms with Gasteiger partial charge in [-0.15, -0.1) is 0 Å². The topological polar surface area (TPSA) is 84.6 Å². The van der Waals surface area contributed by atoms with Crippen LogP contribution in [-0.2, 0) is 0 Å². The van der Waals surface area contributed by atoms with Gasteiger partial charge in [0.2, 0.25) is 0 Å². The number of amides is 4. The van der Waals surface area contributed by atoms with Gasteiger partial charge in [0.15, 0.2) is 0 Å². The van der Waals surface area contributed by atoms with E-state index in [4.69, 9.17) is 0 Å². The molecule has 0 radical (unpaired) electrons. The standard InChI is InChI=1S/C76H66N4O4/c1-3-5-7-9-11-19-43-77-73(81)59-29-21-27-57-55(35-37-61(71(57)59)75(77)83)51-33-41-69-65(47-51)63-45-49(31-39-67(63)79(69)53-23-15-13-16-24-53)50-32-40-68-64(46-50)66-48-52(34-42-70(66)80(68)54-25-17-14-18-26-54)56-36-38-62-72-58(56)28-22-30-60(72)74(82)78(76(62)84)44-20-12-10-8-6-4-2/h13-18,21-42,45-48H,3-12,19-20,43-44H2,1-2H3. The van der Waals surface area contributed by atoms with Gasteiger partial charge < -0.3 is 9.13 Å². The van der Waals surface area contributed by atoms with Crippen molar-refractivity contribution in [2.75, 3.05) is 13.1 Å². The summed E-state index contributed by atoms with van der Waals surface area (Å²) in [5, 5.41) is 7.63. The third-order valence-corrected chi connectivity index (χ3v) is 18.0. The van der Waals surface area contributed by atoms with E-state index >= 15 is 0 Å². The first-order valence-electron chi connectivity index (χ1n) is 30.4. The van der Waals surface area contributed by atoms with Gasteiger partial charge in [-0.3, -0.25) is 29.0 Å². The van der Waals surface area contributed by atoms with Crippen molar-refractivity contribution in [3.63, 3.8) is 0 Å². The number of imide groups is 2. The SMILES string of the molecule is CCCCCCCCN1C(=O)c2cccc3c(-c4ccc5c(c4)c4cc(-c6ccc7c(c6)c6cc(-c8ccc9c%10c(cccc8%10)C(=O)N(CCCCCCCC)C9=O)ccc6n7-c6ccccc6)ccc4n5-c4ccccc4)ccc(c23)C1=O. The summed E-state index contributed by atoms with van der Waals surface area (Å²) in [6.07, 6.45) is 13.0. The van der Waals surface area contributed by atoms with Crippen LogP contribution in [0, 0.1) is 0 Å². The van der Waals surface area contributed by atoms with E-state index in [2.05, 4.69) is 156 Å². The molecule has 2 aliphatic rings. The van der Waals surface area contributed by atoms with Crippen molar-refractivity contribution in [2.45, 2.75) is 90.9 Å². The van der Waals surface area contributed by atoms with E-state index in [-0.39, 0.29) is 23.6 Å². The van der Waals surface area contributed by atoms with Crippen LogP contribution in [0.15, 0.2) is 194 Å². The number of nitrogens with zero attached hydrogens (tertiary/aromatic N) is 4. The van der Waals surface area contributed by atoms with Crippen LogP contribution in [0.25, 0.3) is 110 Å².